The number of hydrogen-bond acceptors (Lipinski definition) is 0. The van der Waals surface area contributed by atoms with Crippen LogP contribution in [0.15, 0.2) is 35.5 Å². The molecular formula is C13H14Cl2Zr. The van der Waals surface area contributed by atoms with Crippen LogP contribution in [0.1, 0.15) is 32.1 Å². The van der Waals surface area contributed by atoms with E-state index in [4.69, 9.17) is 0 Å². The Morgan fingerprint density at radius 1 is 0.875 bits per heavy atom. The first kappa shape index (κ1) is 18.8. The Bertz CT molecular complexity index is 271. The van der Waals surface area contributed by atoms with Crippen molar-refractivity contribution in [2.45, 2.75) is 32.1 Å². The molecule has 16 heavy (non-hydrogen) atoms. The maximum Gasteiger partial charge on any atom is 4.00 e. The van der Waals surface area contributed by atoms with Crippen molar-refractivity contribution in [1.29, 1.82) is 0 Å². The Morgan fingerprint density at radius 2 is 1.31 bits per heavy atom. The second-order valence-electron chi connectivity index (χ2n) is 3.47. The van der Waals surface area contributed by atoms with Crippen LogP contribution >= 0.6 is 0 Å². The van der Waals surface area contributed by atoms with Gasteiger partial charge in [0.1, 0.15) is 0 Å². The van der Waals surface area contributed by atoms with Gasteiger partial charge in [0.15, 0.2) is 0 Å². The first-order valence-corrected chi connectivity index (χ1v) is 4.97. The van der Waals surface area contributed by atoms with Gasteiger partial charge in [0.2, 0.25) is 0 Å². The van der Waals surface area contributed by atoms with Crippen LogP contribution in [0.3, 0.4) is 0 Å². The molecule has 3 heteroatoms. The number of halogens is 2. The zero-order chi connectivity index (χ0) is 8.93. The summed E-state index contributed by atoms with van der Waals surface area (Å²) < 4.78 is 0. The number of hydrogen-bond donors (Lipinski definition) is 0. The Hall–Kier alpha value is 0.423. The van der Waals surface area contributed by atoms with E-state index in [1.54, 1.807) is 0 Å². The second-order valence-corrected chi connectivity index (χ2v) is 3.47. The van der Waals surface area contributed by atoms with Crippen molar-refractivity contribution in [2.24, 2.45) is 0 Å². The maximum absolute atomic E-state index is 3.34. The summed E-state index contributed by atoms with van der Waals surface area (Å²) in [5.74, 6) is 0. The Kier molecular flexibility index (Phi) is 12.4. The van der Waals surface area contributed by atoms with E-state index >= 15 is 0 Å². The molecule has 0 aromatic rings. The molecule has 0 bridgehead atoms. The summed E-state index contributed by atoms with van der Waals surface area (Å²) in [6.07, 6.45) is 21.1. The van der Waals surface area contributed by atoms with E-state index in [2.05, 4.69) is 36.5 Å². The van der Waals surface area contributed by atoms with Gasteiger partial charge in [-0.05, 0) is 0 Å². The molecule has 0 radical (unpaired) electrons. The molecule has 0 aromatic heterocycles. The molecule has 0 N–H and O–H groups in total. The van der Waals surface area contributed by atoms with E-state index in [-0.39, 0.29) is 51.0 Å². The van der Waals surface area contributed by atoms with Gasteiger partial charge in [0.05, 0.1) is 0 Å². The van der Waals surface area contributed by atoms with Gasteiger partial charge in [-0.3, -0.25) is 12.2 Å². The van der Waals surface area contributed by atoms with Crippen molar-refractivity contribution in [3.05, 3.63) is 47.6 Å². The molecule has 0 heterocycles. The summed E-state index contributed by atoms with van der Waals surface area (Å²) in [6, 6.07) is 0. The fraction of sp³-hybridized carbons (Fsp3) is 0.385. The fourth-order valence-electron chi connectivity index (χ4n) is 1.71. The van der Waals surface area contributed by atoms with E-state index in [0.29, 0.717) is 0 Å². The van der Waals surface area contributed by atoms with Crippen molar-refractivity contribution in [3.8, 4) is 0 Å². The molecule has 0 spiro atoms. The van der Waals surface area contributed by atoms with E-state index in [1.165, 1.54) is 30.4 Å². The average molecular weight is 332 g/mol. The molecule has 0 saturated carbocycles. The minimum absolute atomic E-state index is 0. The summed E-state index contributed by atoms with van der Waals surface area (Å²) in [7, 11) is 0. The van der Waals surface area contributed by atoms with Crippen molar-refractivity contribution in [2.75, 3.05) is 0 Å². The smallest absolute Gasteiger partial charge is 1.00 e. The largest absolute Gasteiger partial charge is 4.00 e. The van der Waals surface area contributed by atoms with Crippen LogP contribution in [0, 0.1) is 12.2 Å². The Morgan fingerprint density at radius 3 is 1.62 bits per heavy atom. The van der Waals surface area contributed by atoms with Gasteiger partial charge in [-0.15, -0.1) is 12.8 Å². The summed E-state index contributed by atoms with van der Waals surface area (Å²) in [6.45, 7) is 0. The quantitative estimate of drug-likeness (QED) is 0.501. The zero-order valence-electron chi connectivity index (χ0n) is 9.10. The third-order valence-electron chi connectivity index (χ3n) is 2.42. The van der Waals surface area contributed by atoms with Gasteiger partial charge in [-0.25, -0.2) is 23.3 Å². The van der Waals surface area contributed by atoms with Gasteiger partial charge in [0.25, 0.3) is 0 Å². The monoisotopic (exact) mass is 330 g/mol. The number of rotatable bonds is 4. The molecule has 0 saturated heterocycles. The van der Waals surface area contributed by atoms with E-state index in [0.717, 1.165) is 12.8 Å². The molecule has 0 aliphatic heterocycles. The van der Waals surface area contributed by atoms with Gasteiger partial charge in [-0.2, -0.15) is 12.2 Å². The first-order chi connectivity index (χ1) is 6.45. The molecule has 0 nitrogen and oxygen atoms in total. The Labute approximate surface area is 130 Å². The molecule has 0 unspecified atom stereocenters. The normalized spacial score (nSPS) is 15.8. The molecule has 0 amide bonds. The van der Waals surface area contributed by atoms with Crippen LogP contribution in [0.4, 0.5) is 0 Å². The van der Waals surface area contributed by atoms with Crippen LogP contribution in [-0.2, 0) is 26.2 Å². The van der Waals surface area contributed by atoms with Crippen molar-refractivity contribution >= 4 is 0 Å². The average Bonchev–Trinajstić information content (AvgIpc) is 2.75. The van der Waals surface area contributed by atoms with Gasteiger partial charge in [0, 0.05) is 0 Å². The topological polar surface area (TPSA) is 0 Å². The van der Waals surface area contributed by atoms with E-state index < -0.39 is 0 Å². The molecule has 0 atom stereocenters. The number of allylic oxidation sites excluding steroid dienone is 8. The minimum Gasteiger partial charge on any atom is -1.00 e. The van der Waals surface area contributed by atoms with Crippen LogP contribution in [0.5, 0.6) is 0 Å². The molecule has 2 aliphatic rings. The predicted molar refractivity (Wildman–Crippen MR) is 54.9 cm³/mol. The summed E-state index contributed by atoms with van der Waals surface area (Å²) >= 11 is 0. The maximum atomic E-state index is 3.34. The van der Waals surface area contributed by atoms with Crippen molar-refractivity contribution in [1.82, 2.24) is 0 Å². The predicted octanol–water partition coefficient (Wildman–Crippen LogP) is -2.46. The van der Waals surface area contributed by atoms with E-state index in [1.807, 2.05) is 0 Å². The van der Waals surface area contributed by atoms with Gasteiger partial charge < -0.3 is 24.8 Å². The fourth-order valence-corrected chi connectivity index (χ4v) is 1.71. The molecule has 0 fully saturated rings. The van der Waals surface area contributed by atoms with Crippen LogP contribution < -0.4 is 24.8 Å². The molecular weight excluding hydrogens is 318 g/mol. The standard InChI is InChI=1S/C13H14.2ClH.Zr/c1-2-7-12(6-1)10-5-11-13-8-3-4-9-13;;;/h1,3,6,8H,2,4-5,10-11H2;2*1H;/q-2;;;+4/p-2. The van der Waals surface area contributed by atoms with Crippen LogP contribution in [0.25, 0.3) is 0 Å². The molecule has 2 rings (SSSR count). The van der Waals surface area contributed by atoms with Crippen molar-refractivity contribution < 1.29 is 51.0 Å². The molecule has 2 aliphatic carbocycles. The summed E-state index contributed by atoms with van der Waals surface area (Å²) in [5.41, 5.74) is 2.78. The summed E-state index contributed by atoms with van der Waals surface area (Å²) in [4.78, 5) is 0. The summed E-state index contributed by atoms with van der Waals surface area (Å²) in [5, 5.41) is 0. The Balaban J connectivity index is 0. The van der Waals surface area contributed by atoms with Crippen molar-refractivity contribution in [3.63, 3.8) is 0 Å². The zero-order valence-corrected chi connectivity index (χ0v) is 13.1. The minimum atomic E-state index is 0. The van der Waals surface area contributed by atoms with Gasteiger partial charge >= 0.3 is 26.2 Å². The van der Waals surface area contributed by atoms with E-state index in [9.17, 15) is 0 Å². The second kappa shape index (κ2) is 10.6. The first-order valence-electron chi connectivity index (χ1n) is 4.97. The van der Waals surface area contributed by atoms with Gasteiger partial charge in [-0.1, -0.05) is 19.3 Å². The van der Waals surface area contributed by atoms with Crippen LogP contribution in [-0.4, -0.2) is 0 Å². The molecule has 84 valence electrons. The third-order valence-corrected chi connectivity index (χ3v) is 2.42. The SMILES string of the molecule is [C-]1=C(CCCC2=[C-]CC=C2)C=CC1.[Cl-].[Cl-].[Zr+4]. The van der Waals surface area contributed by atoms with Crippen LogP contribution in [0.2, 0.25) is 0 Å². The molecule has 0 aromatic carbocycles. The third kappa shape index (κ3) is 6.23.